The lowest BCUT2D eigenvalue weighted by Gasteiger charge is -2.29. The monoisotopic (exact) mass is 399 g/mol. The van der Waals surface area contributed by atoms with E-state index in [1.165, 1.54) is 18.2 Å². The second-order valence-electron chi connectivity index (χ2n) is 6.67. The predicted octanol–water partition coefficient (Wildman–Crippen LogP) is 2.87. The number of para-hydroxylation sites is 1. The zero-order valence-corrected chi connectivity index (χ0v) is 15.8. The maximum absolute atomic E-state index is 13.0. The smallest absolute Gasteiger partial charge is 0.310 e. The van der Waals surface area contributed by atoms with Gasteiger partial charge in [0.1, 0.15) is 5.69 Å². The normalized spacial score (nSPS) is 14.9. The van der Waals surface area contributed by atoms with Crippen LogP contribution in [-0.2, 0) is 9.53 Å². The van der Waals surface area contributed by atoms with Gasteiger partial charge in [0.25, 0.3) is 11.6 Å². The zero-order chi connectivity index (χ0) is 21.0. The number of hydrogen-bond donors (Lipinski definition) is 2. The highest BCUT2D eigenvalue weighted by Crippen LogP contribution is 2.33. The largest absolute Gasteiger partial charge is 0.481 e. The summed E-state index contributed by atoms with van der Waals surface area (Å²) in [6.07, 6.45) is 0. The molecule has 1 atom stereocenters. The van der Waals surface area contributed by atoms with Crippen molar-refractivity contribution >= 4 is 28.9 Å². The standard InChI is InChI=1S/C20H21N3O6/c1-13(20(25)26)14-4-2-5-15(12-14)21-19(24)16-6-3-7-17(23(27)28)18(16)22-8-10-29-11-9-22/h2-7,12-13H,8-11H2,1H3,(H,21,24)(H,25,26). The summed E-state index contributed by atoms with van der Waals surface area (Å²) >= 11 is 0. The van der Waals surface area contributed by atoms with Crippen LogP contribution in [0.4, 0.5) is 17.1 Å². The molecule has 0 bridgehead atoms. The molecule has 2 aromatic carbocycles. The number of nitro benzene ring substituents is 1. The second kappa shape index (κ2) is 8.70. The van der Waals surface area contributed by atoms with Gasteiger partial charge in [-0.05, 0) is 30.7 Å². The van der Waals surface area contributed by atoms with E-state index < -0.39 is 22.7 Å². The molecule has 0 radical (unpaired) electrons. The van der Waals surface area contributed by atoms with Gasteiger partial charge in [-0.15, -0.1) is 0 Å². The number of aliphatic carboxylic acids is 1. The summed E-state index contributed by atoms with van der Waals surface area (Å²) in [6, 6.07) is 10.9. The van der Waals surface area contributed by atoms with Crippen LogP contribution in [0.1, 0.15) is 28.8 Å². The molecule has 1 aliphatic heterocycles. The van der Waals surface area contributed by atoms with Gasteiger partial charge in [0, 0.05) is 24.8 Å². The van der Waals surface area contributed by atoms with Gasteiger partial charge in [-0.25, -0.2) is 0 Å². The first-order valence-corrected chi connectivity index (χ1v) is 9.12. The van der Waals surface area contributed by atoms with Crippen LogP contribution in [0.25, 0.3) is 0 Å². The lowest BCUT2D eigenvalue weighted by Crippen LogP contribution is -2.37. The Balaban J connectivity index is 1.93. The van der Waals surface area contributed by atoms with Crippen molar-refractivity contribution < 1.29 is 24.4 Å². The average Bonchev–Trinajstić information content (AvgIpc) is 2.73. The third kappa shape index (κ3) is 4.52. The number of carbonyl (C=O) groups is 2. The molecule has 152 valence electrons. The van der Waals surface area contributed by atoms with E-state index in [2.05, 4.69) is 5.32 Å². The number of amides is 1. The summed E-state index contributed by atoms with van der Waals surface area (Å²) in [4.78, 5) is 37.0. The van der Waals surface area contributed by atoms with E-state index >= 15 is 0 Å². The lowest BCUT2D eigenvalue weighted by atomic mass is 10.0. The van der Waals surface area contributed by atoms with Crippen LogP contribution >= 0.6 is 0 Å². The maximum Gasteiger partial charge on any atom is 0.310 e. The Morgan fingerprint density at radius 3 is 2.55 bits per heavy atom. The molecule has 2 N–H and O–H groups in total. The molecule has 0 aliphatic carbocycles. The van der Waals surface area contributed by atoms with E-state index in [9.17, 15) is 24.8 Å². The Kier molecular flexibility index (Phi) is 6.08. The number of rotatable bonds is 6. The van der Waals surface area contributed by atoms with E-state index in [1.807, 2.05) is 0 Å². The summed E-state index contributed by atoms with van der Waals surface area (Å²) in [5, 5.41) is 23.4. The number of nitro groups is 1. The summed E-state index contributed by atoms with van der Waals surface area (Å²) < 4.78 is 5.31. The molecular weight excluding hydrogens is 378 g/mol. The molecule has 1 heterocycles. The third-order valence-corrected chi connectivity index (χ3v) is 4.80. The van der Waals surface area contributed by atoms with Crippen LogP contribution in [0.3, 0.4) is 0 Å². The van der Waals surface area contributed by atoms with Crippen molar-refractivity contribution in [3.63, 3.8) is 0 Å². The van der Waals surface area contributed by atoms with Crippen molar-refractivity contribution in [3.8, 4) is 0 Å². The van der Waals surface area contributed by atoms with Gasteiger partial charge in [0.05, 0.1) is 29.6 Å². The number of nitrogens with one attached hydrogen (secondary N) is 1. The molecule has 3 rings (SSSR count). The summed E-state index contributed by atoms with van der Waals surface area (Å²) in [5.41, 5.74) is 1.25. The highest BCUT2D eigenvalue weighted by Gasteiger charge is 2.27. The highest BCUT2D eigenvalue weighted by atomic mass is 16.6. The third-order valence-electron chi connectivity index (χ3n) is 4.80. The first kappa shape index (κ1) is 20.3. The molecule has 1 unspecified atom stereocenters. The lowest BCUT2D eigenvalue weighted by molar-refractivity contribution is -0.384. The van der Waals surface area contributed by atoms with Crippen LogP contribution in [0.15, 0.2) is 42.5 Å². The average molecular weight is 399 g/mol. The Bertz CT molecular complexity index is 940. The number of morpholine rings is 1. The number of carbonyl (C=O) groups excluding carboxylic acids is 1. The van der Waals surface area contributed by atoms with Gasteiger partial charge in [0.2, 0.25) is 0 Å². The first-order valence-electron chi connectivity index (χ1n) is 9.12. The molecule has 1 amide bonds. The molecule has 29 heavy (non-hydrogen) atoms. The fraction of sp³-hybridized carbons (Fsp3) is 0.300. The summed E-state index contributed by atoms with van der Waals surface area (Å²) in [6.45, 7) is 3.28. The molecule has 0 aromatic heterocycles. The van der Waals surface area contributed by atoms with E-state index in [1.54, 1.807) is 36.1 Å². The zero-order valence-electron chi connectivity index (χ0n) is 15.8. The second-order valence-corrected chi connectivity index (χ2v) is 6.67. The number of carboxylic acid groups (broad SMARTS) is 1. The van der Waals surface area contributed by atoms with Gasteiger partial charge >= 0.3 is 5.97 Å². The fourth-order valence-corrected chi connectivity index (χ4v) is 3.21. The highest BCUT2D eigenvalue weighted by molar-refractivity contribution is 6.09. The van der Waals surface area contributed by atoms with E-state index in [0.717, 1.165) is 0 Å². The quantitative estimate of drug-likeness (QED) is 0.566. The van der Waals surface area contributed by atoms with Gasteiger partial charge in [-0.3, -0.25) is 19.7 Å². The number of nitrogens with zero attached hydrogens (tertiary/aromatic N) is 2. The SMILES string of the molecule is CC(C(=O)O)c1cccc(NC(=O)c2cccc([N+](=O)[O-])c2N2CCOCC2)c1. The van der Waals surface area contributed by atoms with Crippen molar-refractivity contribution in [3.05, 3.63) is 63.7 Å². The van der Waals surface area contributed by atoms with E-state index in [4.69, 9.17) is 4.74 Å². The number of hydrogen-bond acceptors (Lipinski definition) is 6. The molecule has 9 heteroatoms. The van der Waals surface area contributed by atoms with Gasteiger partial charge in [0.15, 0.2) is 0 Å². The first-order chi connectivity index (χ1) is 13.9. The minimum absolute atomic E-state index is 0.146. The maximum atomic E-state index is 13.0. The molecule has 2 aromatic rings. The van der Waals surface area contributed by atoms with Crippen molar-refractivity contribution in [1.29, 1.82) is 0 Å². The van der Waals surface area contributed by atoms with E-state index in [0.29, 0.717) is 37.6 Å². The molecular formula is C20H21N3O6. The topological polar surface area (TPSA) is 122 Å². The molecule has 9 nitrogen and oxygen atoms in total. The minimum atomic E-state index is -0.971. The van der Waals surface area contributed by atoms with E-state index in [-0.39, 0.29) is 16.9 Å². The molecule has 1 saturated heterocycles. The molecule has 0 saturated carbocycles. The van der Waals surface area contributed by atoms with Crippen LogP contribution < -0.4 is 10.2 Å². The van der Waals surface area contributed by atoms with Crippen LogP contribution in [0.5, 0.6) is 0 Å². The summed E-state index contributed by atoms with van der Waals surface area (Å²) in [7, 11) is 0. The molecule has 1 fully saturated rings. The Morgan fingerprint density at radius 1 is 1.21 bits per heavy atom. The molecule has 1 aliphatic rings. The Morgan fingerprint density at radius 2 is 1.90 bits per heavy atom. The van der Waals surface area contributed by atoms with Crippen LogP contribution in [0, 0.1) is 10.1 Å². The van der Waals surface area contributed by atoms with Crippen molar-refractivity contribution in [2.45, 2.75) is 12.8 Å². The number of carboxylic acids is 1. The van der Waals surface area contributed by atoms with Crippen LogP contribution in [-0.4, -0.2) is 48.2 Å². The Hall–Kier alpha value is -3.46. The minimum Gasteiger partial charge on any atom is -0.481 e. The summed E-state index contributed by atoms with van der Waals surface area (Å²) in [5.74, 6) is -2.20. The molecule has 0 spiro atoms. The Labute approximate surface area is 167 Å². The van der Waals surface area contributed by atoms with Gasteiger partial charge in [-0.1, -0.05) is 18.2 Å². The number of benzene rings is 2. The van der Waals surface area contributed by atoms with Gasteiger partial charge in [-0.2, -0.15) is 0 Å². The van der Waals surface area contributed by atoms with Crippen molar-refractivity contribution in [2.24, 2.45) is 0 Å². The van der Waals surface area contributed by atoms with Crippen LogP contribution in [0.2, 0.25) is 0 Å². The number of anilines is 2. The predicted molar refractivity (Wildman–Crippen MR) is 107 cm³/mol. The van der Waals surface area contributed by atoms with Crippen molar-refractivity contribution in [2.75, 3.05) is 36.5 Å². The van der Waals surface area contributed by atoms with Gasteiger partial charge < -0.3 is 20.1 Å². The fourth-order valence-electron chi connectivity index (χ4n) is 3.21. The number of ether oxygens (including phenoxy) is 1. The van der Waals surface area contributed by atoms with Crippen molar-refractivity contribution in [1.82, 2.24) is 0 Å².